The molecule has 16 heavy (non-hydrogen) atoms. The Morgan fingerprint density at radius 1 is 0.938 bits per heavy atom. The topological polar surface area (TPSA) is 0 Å². The average Bonchev–Trinajstić information content (AvgIpc) is 2.31. The summed E-state index contributed by atoms with van der Waals surface area (Å²) in [6, 6.07) is 9.14. The molecule has 0 aliphatic heterocycles. The van der Waals surface area contributed by atoms with Crippen LogP contribution in [0.1, 0.15) is 50.2 Å². The summed E-state index contributed by atoms with van der Waals surface area (Å²) in [5, 5.41) is 0. The average molecular weight is 216 g/mol. The van der Waals surface area contributed by atoms with E-state index >= 15 is 0 Å². The highest BCUT2D eigenvalue weighted by atomic mass is 14.0. The monoisotopic (exact) mass is 216 g/mol. The van der Waals surface area contributed by atoms with Gasteiger partial charge in [-0.1, -0.05) is 50.1 Å². The first kappa shape index (κ1) is 13.0. The summed E-state index contributed by atoms with van der Waals surface area (Å²) in [6.07, 6.45) is 10.8. The molecule has 1 aromatic rings. The van der Waals surface area contributed by atoms with Crippen LogP contribution in [-0.4, -0.2) is 0 Å². The quantitative estimate of drug-likeness (QED) is 0.427. The van der Waals surface area contributed by atoms with E-state index < -0.39 is 0 Å². The van der Waals surface area contributed by atoms with Gasteiger partial charge in [0.05, 0.1) is 0 Å². The van der Waals surface area contributed by atoms with Crippen molar-refractivity contribution in [3.8, 4) is 0 Å². The number of allylic oxidation sites excluding steroid dienone is 1. The van der Waals surface area contributed by atoms with Crippen LogP contribution in [0.15, 0.2) is 36.9 Å². The molecule has 0 nitrogen and oxygen atoms in total. The molecule has 0 amide bonds. The van der Waals surface area contributed by atoms with E-state index in [4.69, 9.17) is 0 Å². The molecule has 0 unspecified atom stereocenters. The van der Waals surface area contributed by atoms with Gasteiger partial charge in [0.15, 0.2) is 0 Å². The molecule has 0 aliphatic carbocycles. The number of rotatable bonds is 8. The molecule has 0 spiro atoms. The van der Waals surface area contributed by atoms with E-state index in [1.165, 1.54) is 49.7 Å². The van der Waals surface area contributed by atoms with Gasteiger partial charge >= 0.3 is 0 Å². The van der Waals surface area contributed by atoms with Crippen LogP contribution in [0.5, 0.6) is 0 Å². The highest BCUT2D eigenvalue weighted by Crippen LogP contribution is 2.10. The summed E-state index contributed by atoms with van der Waals surface area (Å²) in [5.41, 5.74) is 2.95. The van der Waals surface area contributed by atoms with Crippen LogP contribution in [-0.2, 0) is 12.8 Å². The van der Waals surface area contributed by atoms with Gasteiger partial charge < -0.3 is 0 Å². The fraction of sp³-hybridized carbons (Fsp3) is 0.500. The minimum Gasteiger partial charge on any atom is -0.103 e. The van der Waals surface area contributed by atoms with Crippen molar-refractivity contribution >= 4 is 0 Å². The van der Waals surface area contributed by atoms with Crippen molar-refractivity contribution in [3.05, 3.63) is 48.0 Å². The van der Waals surface area contributed by atoms with E-state index in [2.05, 4.69) is 37.8 Å². The molecular formula is C16H24. The number of aryl methyl sites for hydroxylation is 2. The third-order valence-electron chi connectivity index (χ3n) is 2.94. The van der Waals surface area contributed by atoms with Crippen LogP contribution in [0.25, 0.3) is 0 Å². The van der Waals surface area contributed by atoms with Crippen LogP contribution in [0.4, 0.5) is 0 Å². The number of hydrogen-bond acceptors (Lipinski definition) is 0. The van der Waals surface area contributed by atoms with E-state index in [1.807, 2.05) is 6.08 Å². The van der Waals surface area contributed by atoms with Crippen LogP contribution in [0.3, 0.4) is 0 Å². The lowest BCUT2D eigenvalue weighted by Gasteiger charge is -2.03. The van der Waals surface area contributed by atoms with Gasteiger partial charge in [-0.05, 0) is 43.2 Å². The lowest BCUT2D eigenvalue weighted by Crippen LogP contribution is -1.88. The molecule has 1 aromatic carbocycles. The third kappa shape index (κ3) is 5.16. The summed E-state index contributed by atoms with van der Waals surface area (Å²) in [4.78, 5) is 0. The Hall–Kier alpha value is -1.04. The molecule has 0 radical (unpaired) electrons. The van der Waals surface area contributed by atoms with Gasteiger partial charge in [0.2, 0.25) is 0 Å². The van der Waals surface area contributed by atoms with E-state index in [0.29, 0.717) is 0 Å². The summed E-state index contributed by atoms with van der Waals surface area (Å²) in [5.74, 6) is 0. The van der Waals surface area contributed by atoms with Gasteiger partial charge in [-0.25, -0.2) is 0 Å². The van der Waals surface area contributed by atoms with Gasteiger partial charge in [0, 0.05) is 0 Å². The Morgan fingerprint density at radius 2 is 1.56 bits per heavy atom. The minimum absolute atomic E-state index is 1.16. The van der Waals surface area contributed by atoms with Gasteiger partial charge in [0.25, 0.3) is 0 Å². The maximum Gasteiger partial charge on any atom is -0.0279 e. The summed E-state index contributed by atoms with van der Waals surface area (Å²) >= 11 is 0. The Bertz CT molecular complexity index is 281. The fourth-order valence-electron chi connectivity index (χ4n) is 1.96. The van der Waals surface area contributed by atoms with Crippen molar-refractivity contribution < 1.29 is 0 Å². The smallest absolute Gasteiger partial charge is 0.0279 e. The van der Waals surface area contributed by atoms with Crippen molar-refractivity contribution in [2.24, 2.45) is 0 Å². The van der Waals surface area contributed by atoms with Crippen molar-refractivity contribution in [1.82, 2.24) is 0 Å². The normalized spacial score (nSPS) is 10.3. The molecule has 0 heterocycles. The number of hydrogen-bond donors (Lipinski definition) is 0. The van der Waals surface area contributed by atoms with Gasteiger partial charge in [-0.15, -0.1) is 6.58 Å². The third-order valence-corrected chi connectivity index (χ3v) is 2.94. The Kier molecular flexibility index (Phi) is 6.64. The van der Waals surface area contributed by atoms with Crippen LogP contribution >= 0.6 is 0 Å². The predicted octanol–water partition coefficient (Wildman–Crippen LogP) is 4.93. The molecule has 0 atom stereocenters. The predicted molar refractivity (Wildman–Crippen MR) is 72.8 cm³/mol. The lowest BCUT2D eigenvalue weighted by molar-refractivity contribution is 0.687. The fourth-order valence-corrected chi connectivity index (χ4v) is 1.96. The summed E-state index contributed by atoms with van der Waals surface area (Å²) < 4.78 is 0. The van der Waals surface area contributed by atoms with Gasteiger partial charge in [0.1, 0.15) is 0 Å². The van der Waals surface area contributed by atoms with Crippen LogP contribution in [0, 0.1) is 0 Å². The van der Waals surface area contributed by atoms with Gasteiger partial charge in [-0.3, -0.25) is 0 Å². The summed E-state index contributed by atoms with van der Waals surface area (Å²) in [7, 11) is 0. The second kappa shape index (κ2) is 8.15. The molecule has 0 N–H and O–H groups in total. The van der Waals surface area contributed by atoms with E-state index in [1.54, 1.807) is 0 Å². The zero-order valence-electron chi connectivity index (χ0n) is 10.5. The molecule has 1 rings (SSSR count). The minimum atomic E-state index is 1.16. The first-order valence-corrected chi connectivity index (χ1v) is 6.55. The van der Waals surface area contributed by atoms with Crippen LogP contribution in [0.2, 0.25) is 0 Å². The standard InChI is InChI=1S/C16H24/c1-3-5-6-7-8-10-16-13-11-15(9-4-2)12-14-16/h3,11-14H,1,4-10H2,2H3. The molecule has 0 saturated heterocycles. The van der Waals surface area contributed by atoms with Crippen LogP contribution < -0.4 is 0 Å². The molecule has 0 heteroatoms. The molecular weight excluding hydrogens is 192 g/mol. The molecule has 0 aromatic heterocycles. The zero-order chi connectivity index (χ0) is 11.6. The second-order valence-electron chi connectivity index (χ2n) is 4.45. The van der Waals surface area contributed by atoms with Crippen molar-refractivity contribution in [3.63, 3.8) is 0 Å². The first-order chi connectivity index (χ1) is 7.86. The maximum atomic E-state index is 3.74. The maximum absolute atomic E-state index is 3.74. The number of benzene rings is 1. The molecule has 0 aliphatic rings. The summed E-state index contributed by atoms with van der Waals surface area (Å²) in [6.45, 7) is 5.97. The zero-order valence-corrected chi connectivity index (χ0v) is 10.5. The van der Waals surface area contributed by atoms with Crippen molar-refractivity contribution in [2.75, 3.05) is 0 Å². The Morgan fingerprint density at radius 3 is 2.12 bits per heavy atom. The molecule has 0 fully saturated rings. The largest absolute Gasteiger partial charge is 0.103 e. The lowest BCUT2D eigenvalue weighted by atomic mass is 10.0. The molecule has 88 valence electrons. The second-order valence-corrected chi connectivity index (χ2v) is 4.45. The first-order valence-electron chi connectivity index (χ1n) is 6.55. The SMILES string of the molecule is C=CCCCCCc1ccc(CCC)cc1. The molecule has 0 saturated carbocycles. The van der Waals surface area contributed by atoms with E-state index in [9.17, 15) is 0 Å². The number of unbranched alkanes of at least 4 members (excludes halogenated alkanes) is 3. The van der Waals surface area contributed by atoms with E-state index in [-0.39, 0.29) is 0 Å². The van der Waals surface area contributed by atoms with E-state index in [0.717, 1.165) is 6.42 Å². The Labute approximate surface area is 100 Å². The Balaban J connectivity index is 2.23. The molecule has 0 bridgehead atoms. The van der Waals surface area contributed by atoms with Crippen molar-refractivity contribution in [2.45, 2.75) is 51.9 Å². The highest BCUT2D eigenvalue weighted by molar-refractivity contribution is 5.22. The van der Waals surface area contributed by atoms with Gasteiger partial charge in [-0.2, -0.15) is 0 Å². The highest BCUT2D eigenvalue weighted by Gasteiger charge is 1.95. The van der Waals surface area contributed by atoms with Crippen molar-refractivity contribution in [1.29, 1.82) is 0 Å².